The second-order valence-corrected chi connectivity index (χ2v) is 5.00. The zero-order valence-electron chi connectivity index (χ0n) is 11.0. The molecule has 0 saturated carbocycles. The highest BCUT2D eigenvalue weighted by molar-refractivity contribution is 5.51. The number of hydrogen-bond donors (Lipinski definition) is 2. The Labute approximate surface area is 112 Å². The maximum Gasteiger partial charge on any atom is 0.138 e. The van der Waals surface area contributed by atoms with Crippen molar-refractivity contribution >= 4 is 11.5 Å². The average Bonchev–Trinajstić information content (AvgIpc) is 3.08. The Morgan fingerprint density at radius 1 is 1.47 bits per heavy atom. The van der Waals surface area contributed by atoms with E-state index >= 15 is 0 Å². The summed E-state index contributed by atoms with van der Waals surface area (Å²) in [6, 6.07) is 6.61. The van der Waals surface area contributed by atoms with Gasteiger partial charge in [0.15, 0.2) is 0 Å². The average molecular weight is 260 g/mol. The van der Waals surface area contributed by atoms with Crippen LogP contribution in [0.3, 0.4) is 0 Å². The normalized spacial score (nSPS) is 19.1. The van der Waals surface area contributed by atoms with Crippen LogP contribution in [0.1, 0.15) is 12.8 Å². The number of aliphatic hydroxyl groups excluding tert-OH is 1. The van der Waals surface area contributed by atoms with Crippen LogP contribution in [-0.4, -0.2) is 46.8 Å². The summed E-state index contributed by atoms with van der Waals surface area (Å²) in [7, 11) is 0. The molecule has 0 spiro atoms. The van der Waals surface area contributed by atoms with Crippen LogP contribution in [0.2, 0.25) is 0 Å². The van der Waals surface area contributed by atoms with Crippen LogP contribution in [0.4, 0.5) is 5.82 Å². The molecule has 0 bridgehead atoms. The minimum atomic E-state index is 0.164. The summed E-state index contributed by atoms with van der Waals surface area (Å²) >= 11 is 0. The summed E-state index contributed by atoms with van der Waals surface area (Å²) < 4.78 is 2.07. The highest BCUT2D eigenvalue weighted by Gasteiger charge is 2.19. The molecule has 0 aromatic carbocycles. The summed E-state index contributed by atoms with van der Waals surface area (Å²) in [6.07, 6.45) is 6.23. The van der Waals surface area contributed by atoms with Gasteiger partial charge in [-0.2, -0.15) is 0 Å². The summed E-state index contributed by atoms with van der Waals surface area (Å²) in [5, 5.41) is 12.8. The van der Waals surface area contributed by atoms with E-state index in [0.29, 0.717) is 12.6 Å². The van der Waals surface area contributed by atoms with Crippen LogP contribution in [-0.2, 0) is 0 Å². The zero-order valence-corrected chi connectivity index (χ0v) is 11.0. The number of nitrogens with zero attached hydrogens (tertiary/aromatic N) is 3. The molecule has 5 nitrogen and oxygen atoms in total. The first-order chi connectivity index (χ1) is 9.38. The molecule has 3 rings (SSSR count). The van der Waals surface area contributed by atoms with Gasteiger partial charge in [-0.25, -0.2) is 4.98 Å². The van der Waals surface area contributed by atoms with Gasteiger partial charge >= 0.3 is 0 Å². The number of hydrogen-bond acceptors (Lipinski definition) is 4. The molecule has 2 aromatic rings. The maximum absolute atomic E-state index is 9.31. The molecule has 1 fully saturated rings. The third-order valence-electron chi connectivity index (χ3n) is 3.70. The van der Waals surface area contributed by atoms with Crippen LogP contribution in [0.15, 0.2) is 30.6 Å². The second kappa shape index (κ2) is 5.59. The number of rotatable bonds is 5. The molecule has 0 aliphatic carbocycles. The van der Waals surface area contributed by atoms with E-state index in [1.54, 1.807) is 0 Å². The minimum Gasteiger partial charge on any atom is -0.395 e. The molecule has 5 heteroatoms. The van der Waals surface area contributed by atoms with Gasteiger partial charge in [0.2, 0.25) is 0 Å². The molecule has 3 heterocycles. The predicted molar refractivity (Wildman–Crippen MR) is 75.5 cm³/mol. The third-order valence-corrected chi connectivity index (χ3v) is 3.70. The number of imidazole rings is 1. The Kier molecular flexibility index (Phi) is 3.66. The third kappa shape index (κ3) is 2.57. The zero-order chi connectivity index (χ0) is 13.1. The van der Waals surface area contributed by atoms with Crippen LogP contribution < -0.4 is 10.2 Å². The van der Waals surface area contributed by atoms with E-state index in [-0.39, 0.29) is 6.61 Å². The van der Waals surface area contributed by atoms with Crippen molar-refractivity contribution in [2.75, 3.05) is 31.1 Å². The van der Waals surface area contributed by atoms with Gasteiger partial charge in [0, 0.05) is 31.5 Å². The van der Waals surface area contributed by atoms with E-state index in [4.69, 9.17) is 0 Å². The Morgan fingerprint density at radius 3 is 3.21 bits per heavy atom. The summed E-state index contributed by atoms with van der Waals surface area (Å²) in [6.45, 7) is 2.85. The standard InChI is InChI=1S/C14H20N4O/c19-10-9-17(11-12-3-2-6-15-12)14-5-1-4-13-16-7-8-18(13)14/h1,4-5,7-8,12,15,19H,2-3,6,9-11H2. The fourth-order valence-electron chi connectivity index (χ4n) is 2.79. The summed E-state index contributed by atoms with van der Waals surface area (Å²) in [5.41, 5.74) is 0.944. The predicted octanol–water partition coefficient (Wildman–Crippen LogP) is 0.885. The lowest BCUT2D eigenvalue weighted by atomic mass is 10.2. The molecule has 1 saturated heterocycles. The van der Waals surface area contributed by atoms with E-state index in [1.807, 2.05) is 24.5 Å². The lowest BCUT2D eigenvalue weighted by molar-refractivity contribution is 0.300. The number of aromatic nitrogens is 2. The van der Waals surface area contributed by atoms with Crippen molar-refractivity contribution in [1.29, 1.82) is 0 Å². The molecular weight excluding hydrogens is 240 g/mol. The van der Waals surface area contributed by atoms with E-state index < -0.39 is 0 Å². The fourth-order valence-corrected chi connectivity index (χ4v) is 2.79. The van der Waals surface area contributed by atoms with Gasteiger partial charge < -0.3 is 15.3 Å². The molecule has 19 heavy (non-hydrogen) atoms. The van der Waals surface area contributed by atoms with Crippen molar-refractivity contribution in [2.24, 2.45) is 0 Å². The first-order valence-electron chi connectivity index (χ1n) is 6.90. The van der Waals surface area contributed by atoms with Crippen molar-refractivity contribution in [1.82, 2.24) is 14.7 Å². The van der Waals surface area contributed by atoms with Crippen LogP contribution in [0.25, 0.3) is 5.65 Å². The van der Waals surface area contributed by atoms with Gasteiger partial charge in [-0.15, -0.1) is 0 Å². The lowest BCUT2D eigenvalue weighted by Crippen LogP contribution is -2.39. The van der Waals surface area contributed by atoms with Gasteiger partial charge in [-0.1, -0.05) is 6.07 Å². The Morgan fingerprint density at radius 2 is 2.42 bits per heavy atom. The van der Waals surface area contributed by atoms with Crippen molar-refractivity contribution in [3.8, 4) is 0 Å². The smallest absolute Gasteiger partial charge is 0.138 e. The summed E-state index contributed by atoms with van der Waals surface area (Å²) in [5.74, 6) is 1.10. The van der Waals surface area contributed by atoms with E-state index in [1.165, 1.54) is 12.8 Å². The Balaban J connectivity index is 1.87. The number of pyridine rings is 1. The van der Waals surface area contributed by atoms with E-state index in [2.05, 4.69) is 25.7 Å². The largest absolute Gasteiger partial charge is 0.395 e. The molecule has 0 radical (unpaired) electrons. The number of fused-ring (bicyclic) bond motifs is 1. The van der Waals surface area contributed by atoms with Gasteiger partial charge in [-0.05, 0) is 31.5 Å². The minimum absolute atomic E-state index is 0.164. The van der Waals surface area contributed by atoms with E-state index in [9.17, 15) is 5.11 Å². The van der Waals surface area contributed by atoms with Gasteiger partial charge in [-0.3, -0.25) is 4.40 Å². The van der Waals surface area contributed by atoms with Crippen LogP contribution >= 0.6 is 0 Å². The maximum atomic E-state index is 9.31. The molecule has 1 aliphatic heterocycles. The van der Waals surface area contributed by atoms with Gasteiger partial charge in [0.1, 0.15) is 11.5 Å². The molecule has 2 aromatic heterocycles. The van der Waals surface area contributed by atoms with Gasteiger partial charge in [0.25, 0.3) is 0 Å². The molecule has 2 N–H and O–H groups in total. The second-order valence-electron chi connectivity index (χ2n) is 5.00. The molecular formula is C14H20N4O. The molecule has 0 amide bonds. The Hall–Kier alpha value is -1.59. The SMILES string of the molecule is OCCN(CC1CCCN1)c1cccc2nccn12. The monoisotopic (exact) mass is 260 g/mol. The van der Waals surface area contributed by atoms with Crippen molar-refractivity contribution in [2.45, 2.75) is 18.9 Å². The lowest BCUT2D eigenvalue weighted by Gasteiger charge is -2.27. The number of anilines is 1. The summed E-state index contributed by atoms with van der Waals surface area (Å²) in [4.78, 5) is 6.55. The van der Waals surface area contributed by atoms with Crippen molar-refractivity contribution in [3.05, 3.63) is 30.6 Å². The molecule has 102 valence electrons. The van der Waals surface area contributed by atoms with Crippen LogP contribution in [0, 0.1) is 0 Å². The quantitative estimate of drug-likeness (QED) is 0.838. The topological polar surface area (TPSA) is 52.8 Å². The van der Waals surface area contributed by atoms with Crippen molar-refractivity contribution in [3.63, 3.8) is 0 Å². The highest BCUT2D eigenvalue weighted by Crippen LogP contribution is 2.18. The van der Waals surface area contributed by atoms with E-state index in [0.717, 1.165) is 24.6 Å². The first kappa shape index (κ1) is 12.4. The molecule has 1 aliphatic rings. The van der Waals surface area contributed by atoms with Crippen LogP contribution in [0.5, 0.6) is 0 Å². The van der Waals surface area contributed by atoms with Crippen molar-refractivity contribution < 1.29 is 5.11 Å². The fraction of sp³-hybridized carbons (Fsp3) is 0.500. The number of aliphatic hydroxyl groups is 1. The molecule has 1 unspecified atom stereocenters. The number of nitrogens with one attached hydrogen (secondary N) is 1. The Bertz CT molecular complexity index is 533. The first-order valence-corrected chi connectivity index (χ1v) is 6.90. The highest BCUT2D eigenvalue weighted by atomic mass is 16.3. The van der Waals surface area contributed by atoms with Gasteiger partial charge in [0.05, 0.1) is 6.61 Å². The molecule has 1 atom stereocenters.